The Kier molecular flexibility index (Phi) is 6.25. The third-order valence-corrected chi connectivity index (χ3v) is 2.56. The van der Waals surface area contributed by atoms with Gasteiger partial charge in [-0.25, -0.2) is 0 Å². The fraction of sp³-hybridized carbons (Fsp3) is 0.538. The summed E-state index contributed by atoms with van der Waals surface area (Å²) < 4.78 is 0. The molecule has 4 heteroatoms. The number of nitrogens with zero attached hydrogens (tertiary/aromatic N) is 1. The van der Waals surface area contributed by atoms with Gasteiger partial charge in [0.1, 0.15) is 0 Å². The Morgan fingerprint density at radius 1 is 1.47 bits per heavy atom. The van der Waals surface area contributed by atoms with Crippen molar-refractivity contribution < 1.29 is 4.79 Å². The van der Waals surface area contributed by atoms with Gasteiger partial charge in [0.2, 0.25) is 5.91 Å². The summed E-state index contributed by atoms with van der Waals surface area (Å²) in [5, 5.41) is 6.03. The molecule has 0 bridgehead atoms. The SMILES string of the molecule is CNCC(C)CNC(=O)CCc1cccnc1. The number of hydrogen-bond donors (Lipinski definition) is 2. The monoisotopic (exact) mass is 235 g/mol. The van der Waals surface area contributed by atoms with E-state index in [1.54, 1.807) is 12.4 Å². The van der Waals surface area contributed by atoms with Crippen LogP contribution in [0, 0.1) is 5.92 Å². The van der Waals surface area contributed by atoms with E-state index in [2.05, 4.69) is 22.5 Å². The van der Waals surface area contributed by atoms with Gasteiger partial charge in [0.15, 0.2) is 0 Å². The fourth-order valence-corrected chi connectivity index (χ4v) is 1.60. The number of pyridine rings is 1. The molecule has 0 saturated carbocycles. The molecule has 2 N–H and O–H groups in total. The average molecular weight is 235 g/mol. The molecule has 94 valence electrons. The fourth-order valence-electron chi connectivity index (χ4n) is 1.60. The maximum absolute atomic E-state index is 11.6. The molecule has 4 nitrogen and oxygen atoms in total. The molecule has 1 aromatic heterocycles. The van der Waals surface area contributed by atoms with Crippen LogP contribution in [0.5, 0.6) is 0 Å². The first-order valence-corrected chi connectivity index (χ1v) is 6.02. The van der Waals surface area contributed by atoms with Gasteiger partial charge in [0.25, 0.3) is 0 Å². The van der Waals surface area contributed by atoms with Gasteiger partial charge in [-0.3, -0.25) is 9.78 Å². The third kappa shape index (κ3) is 6.02. The van der Waals surface area contributed by atoms with Crippen molar-refractivity contribution in [2.45, 2.75) is 19.8 Å². The number of nitrogens with one attached hydrogen (secondary N) is 2. The molecule has 0 saturated heterocycles. The molecule has 1 rings (SSSR count). The highest BCUT2D eigenvalue weighted by Gasteiger charge is 2.05. The van der Waals surface area contributed by atoms with Crippen molar-refractivity contribution in [3.63, 3.8) is 0 Å². The molecule has 1 unspecified atom stereocenters. The molecule has 0 spiro atoms. The second-order valence-electron chi connectivity index (χ2n) is 4.33. The number of amides is 1. The molecule has 17 heavy (non-hydrogen) atoms. The molecule has 0 radical (unpaired) electrons. The number of aryl methyl sites for hydroxylation is 1. The van der Waals surface area contributed by atoms with E-state index in [0.717, 1.165) is 25.1 Å². The lowest BCUT2D eigenvalue weighted by Crippen LogP contribution is -2.32. The smallest absolute Gasteiger partial charge is 0.220 e. The van der Waals surface area contributed by atoms with Crippen molar-refractivity contribution in [2.24, 2.45) is 5.92 Å². The van der Waals surface area contributed by atoms with E-state index in [9.17, 15) is 4.79 Å². The zero-order valence-electron chi connectivity index (χ0n) is 10.6. The predicted octanol–water partition coefficient (Wildman–Crippen LogP) is 0.986. The van der Waals surface area contributed by atoms with E-state index in [1.165, 1.54) is 0 Å². The number of carbonyl (C=O) groups excluding carboxylic acids is 1. The summed E-state index contributed by atoms with van der Waals surface area (Å²) >= 11 is 0. The summed E-state index contributed by atoms with van der Waals surface area (Å²) in [6.45, 7) is 3.76. The molecular weight excluding hydrogens is 214 g/mol. The minimum Gasteiger partial charge on any atom is -0.356 e. The lowest BCUT2D eigenvalue weighted by atomic mass is 10.1. The number of aromatic nitrogens is 1. The summed E-state index contributed by atoms with van der Waals surface area (Å²) in [6, 6.07) is 3.88. The van der Waals surface area contributed by atoms with Gasteiger partial charge in [-0.1, -0.05) is 13.0 Å². The van der Waals surface area contributed by atoms with E-state index < -0.39 is 0 Å². The first-order valence-electron chi connectivity index (χ1n) is 6.02. The van der Waals surface area contributed by atoms with E-state index in [0.29, 0.717) is 12.3 Å². The Bertz CT molecular complexity index is 327. The standard InChI is InChI=1S/C13H21N3O/c1-11(8-14-2)9-16-13(17)6-5-12-4-3-7-15-10-12/h3-4,7,10-11,14H,5-6,8-9H2,1-2H3,(H,16,17). The Hall–Kier alpha value is -1.42. The number of rotatable bonds is 7. The maximum atomic E-state index is 11.6. The van der Waals surface area contributed by atoms with Gasteiger partial charge >= 0.3 is 0 Å². The summed E-state index contributed by atoms with van der Waals surface area (Å²) in [5.41, 5.74) is 1.10. The van der Waals surface area contributed by atoms with Gasteiger partial charge in [-0.15, -0.1) is 0 Å². The summed E-state index contributed by atoms with van der Waals surface area (Å²) in [5.74, 6) is 0.569. The van der Waals surface area contributed by atoms with Crippen LogP contribution in [0.15, 0.2) is 24.5 Å². The molecule has 0 aliphatic rings. The minimum absolute atomic E-state index is 0.108. The molecule has 1 amide bonds. The van der Waals surface area contributed by atoms with Crippen molar-refractivity contribution >= 4 is 5.91 Å². The quantitative estimate of drug-likeness (QED) is 0.741. The van der Waals surface area contributed by atoms with Crippen molar-refractivity contribution in [1.82, 2.24) is 15.6 Å². The molecule has 0 aliphatic carbocycles. The number of hydrogen-bond acceptors (Lipinski definition) is 3. The van der Waals surface area contributed by atoms with Gasteiger partial charge in [-0.05, 0) is 37.6 Å². The first-order chi connectivity index (χ1) is 8.22. The molecule has 1 heterocycles. The molecule has 1 aromatic rings. The topological polar surface area (TPSA) is 54.0 Å². The van der Waals surface area contributed by atoms with Crippen LogP contribution in [0.3, 0.4) is 0 Å². The maximum Gasteiger partial charge on any atom is 0.220 e. The van der Waals surface area contributed by atoms with Gasteiger partial charge in [0, 0.05) is 25.4 Å². The van der Waals surface area contributed by atoms with Crippen LogP contribution in [0.2, 0.25) is 0 Å². The van der Waals surface area contributed by atoms with Crippen LogP contribution in [0.25, 0.3) is 0 Å². The van der Waals surface area contributed by atoms with Crippen LogP contribution in [0.1, 0.15) is 18.9 Å². The highest BCUT2D eigenvalue weighted by Crippen LogP contribution is 2.00. The molecule has 0 fully saturated rings. The van der Waals surface area contributed by atoms with Crippen LogP contribution in [-0.2, 0) is 11.2 Å². The third-order valence-electron chi connectivity index (χ3n) is 2.56. The minimum atomic E-state index is 0.108. The summed E-state index contributed by atoms with van der Waals surface area (Å²) in [4.78, 5) is 15.6. The second-order valence-corrected chi connectivity index (χ2v) is 4.33. The Morgan fingerprint density at radius 2 is 2.29 bits per heavy atom. The van der Waals surface area contributed by atoms with Crippen LogP contribution in [-0.4, -0.2) is 31.0 Å². The van der Waals surface area contributed by atoms with E-state index >= 15 is 0 Å². The predicted molar refractivity (Wildman–Crippen MR) is 68.7 cm³/mol. The molecule has 0 aromatic carbocycles. The van der Waals surface area contributed by atoms with E-state index in [1.807, 2.05) is 19.2 Å². The average Bonchev–Trinajstić information content (AvgIpc) is 2.35. The molecule has 1 atom stereocenters. The first kappa shape index (κ1) is 13.6. The van der Waals surface area contributed by atoms with E-state index in [4.69, 9.17) is 0 Å². The Balaban J connectivity index is 2.17. The lowest BCUT2D eigenvalue weighted by molar-refractivity contribution is -0.121. The highest BCUT2D eigenvalue weighted by atomic mass is 16.1. The zero-order chi connectivity index (χ0) is 12.5. The van der Waals surface area contributed by atoms with Crippen LogP contribution >= 0.6 is 0 Å². The Morgan fingerprint density at radius 3 is 2.94 bits per heavy atom. The van der Waals surface area contributed by atoms with Crippen molar-refractivity contribution in [2.75, 3.05) is 20.1 Å². The summed E-state index contributed by atoms with van der Waals surface area (Å²) in [6.07, 6.45) is 4.82. The van der Waals surface area contributed by atoms with Gasteiger partial charge in [0.05, 0.1) is 0 Å². The van der Waals surface area contributed by atoms with Crippen molar-refractivity contribution in [3.8, 4) is 0 Å². The van der Waals surface area contributed by atoms with Gasteiger partial charge in [-0.2, -0.15) is 0 Å². The van der Waals surface area contributed by atoms with Crippen LogP contribution in [0.4, 0.5) is 0 Å². The summed E-state index contributed by atoms with van der Waals surface area (Å²) in [7, 11) is 1.92. The lowest BCUT2D eigenvalue weighted by Gasteiger charge is -2.11. The highest BCUT2D eigenvalue weighted by molar-refractivity contribution is 5.76. The molecule has 0 aliphatic heterocycles. The largest absolute Gasteiger partial charge is 0.356 e. The number of carbonyl (C=O) groups is 1. The molecular formula is C13H21N3O. The van der Waals surface area contributed by atoms with Crippen LogP contribution < -0.4 is 10.6 Å². The Labute approximate surface area is 103 Å². The second kappa shape index (κ2) is 7.79. The normalized spacial score (nSPS) is 12.1. The zero-order valence-corrected chi connectivity index (χ0v) is 10.6. The van der Waals surface area contributed by atoms with Gasteiger partial charge < -0.3 is 10.6 Å². The van der Waals surface area contributed by atoms with Crippen molar-refractivity contribution in [1.29, 1.82) is 0 Å². The van der Waals surface area contributed by atoms with Crippen molar-refractivity contribution in [3.05, 3.63) is 30.1 Å². The van der Waals surface area contributed by atoms with E-state index in [-0.39, 0.29) is 5.91 Å².